The van der Waals surface area contributed by atoms with Crippen molar-refractivity contribution in [2.24, 2.45) is 0 Å². The van der Waals surface area contributed by atoms with Gasteiger partial charge in [-0.05, 0) is 48.2 Å². The number of nitrogens with zero attached hydrogens (tertiary/aromatic N) is 2. The first kappa shape index (κ1) is 30.4. The molecule has 10 heteroatoms. The normalized spacial score (nSPS) is 18.4. The fourth-order valence-corrected chi connectivity index (χ4v) is 5.38. The molecule has 2 amide bonds. The number of hydrogen-bond acceptors (Lipinski definition) is 7. The summed E-state index contributed by atoms with van der Waals surface area (Å²) in [6.45, 7) is 0.586. The predicted octanol–water partition coefficient (Wildman–Crippen LogP) is 5.56. The van der Waals surface area contributed by atoms with Gasteiger partial charge in [0.1, 0.15) is 0 Å². The van der Waals surface area contributed by atoms with Crippen LogP contribution in [0.1, 0.15) is 74.0 Å². The van der Waals surface area contributed by atoms with Crippen molar-refractivity contribution in [2.45, 2.75) is 76.6 Å². The average molecular weight is 587 g/mol. The first-order chi connectivity index (χ1) is 21.0. The van der Waals surface area contributed by atoms with E-state index in [1.807, 2.05) is 79.1 Å². The number of imidazole rings is 1. The summed E-state index contributed by atoms with van der Waals surface area (Å²) in [5.74, 6) is -0.474. The highest BCUT2D eigenvalue weighted by atomic mass is 16.7. The van der Waals surface area contributed by atoms with Gasteiger partial charge in [0.2, 0.25) is 11.8 Å². The molecule has 0 unspecified atom stereocenters. The van der Waals surface area contributed by atoms with Gasteiger partial charge >= 0.3 is 0 Å². The number of carbonyl (C=O) groups is 2. The maximum Gasteiger partial charge on any atom is 0.243 e. The van der Waals surface area contributed by atoms with Crippen LogP contribution < -0.4 is 10.8 Å². The van der Waals surface area contributed by atoms with Gasteiger partial charge < -0.3 is 24.5 Å². The second-order valence-electron chi connectivity index (χ2n) is 10.9. The van der Waals surface area contributed by atoms with E-state index < -0.39 is 12.2 Å². The van der Waals surface area contributed by atoms with E-state index in [-0.39, 0.29) is 31.1 Å². The van der Waals surface area contributed by atoms with Gasteiger partial charge in [-0.25, -0.2) is 10.5 Å². The molecule has 1 aromatic heterocycles. The van der Waals surface area contributed by atoms with Crippen LogP contribution in [0.4, 0.5) is 5.69 Å². The summed E-state index contributed by atoms with van der Waals surface area (Å²) in [4.78, 5) is 28.2. The van der Waals surface area contributed by atoms with E-state index in [2.05, 4.69) is 14.9 Å². The van der Waals surface area contributed by atoms with Gasteiger partial charge in [-0.15, -0.1) is 0 Å². The first-order valence-electron chi connectivity index (χ1n) is 14.8. The Morgan fingerprint density at radius 1 is 0.884 bits per heavy atom. The third-order valence-electron chi connectivity index (χ3n) is 7.67. The van der Waals surface area contributed by atoms with Gasteiger partial charge in [0.25, 0.3) is 0 Å². The quantitative estimate of drug-likeness (QED) is 0.0915. The van der Waals surface area contributed by atoms with E-state index in [9.17, 15) is 14.7 Å². The van der Waals surface area contributed by atoms with Crippen LogP contribution in [0.15, 0.2) is 79.1 Å². The molecular weight excluding hydrogens is 548 g/mol. The Balaban J connectivity index is 1.25. The van der Waals surface area contributed by atoms with Gasteiger partial charge in [0.05, 0.1) is 42.7 Å². The summed E-state index contributed by atoms with van der Waals surface area (Å²) >= 11 is 0. The number of benzene rings is 3. The van der Waals surface area contributed by atoms with Crippen LogP contribution >= 0.6 is 0 Å². The molecule has 1 aliphatic rings. The number of carbonyl (C=O) groups excluding carboxylic acids is 2. The van der Waals surface area contributed by atoms with Crippen LogP contribution in [-0.2, 0) is 32.2 Å². The molecule has 0 saturated carbocycles. The topological polar surface area (TPSA) is 135 Å². The molecule has 1 saturated heterocycles. The maximum atomic E-state index is 12.6. The summed E-state index contributed by atoms with van der Waals surface area (Å²) in [6, 6.07) is 23.3. The molecule has 5 rings (SSSR count). The van der Waals surface area contributed by atoms with Crippen molar-refractivity contribution in [1.29, 1.82) is 0 Å². The summed E-state index contributed by atoms with van der Waals surface area (Å²) in [6.07, 6.45) is 5.10. The number of aliphatic hydroxyl groups is 1. The largest absolute Gasteiger partial charge is 0.392 e. The Kier molecular flexibility index (Phi) is 10.5. The van der Waals surface area contributed by atoms with Crippen molar-refractivity contribution in [3.8, 4) is 0 Å². The van der Waals surface area contributed by atoms with E-state index in [0.29, 0.717) is 37.9 Å². The Morgan fingerprint density at radius 3 is 2.42 bits per heavy atom. The molecule has 3 aromatic carbocycles. The molecule has 3 atom stereocenters. The van der Waals surface area contributed by atoms with E-state index in [1.54, 1.807) is 5.48 Å². The smallest absolute Gasteiger partial charge is 0.243 e. The third-order valence-corrected chi connectivity index (χ3v) is 7.67. The molecular formula is C33H38N4O6. The van der Waals surface area contributed by atoms with Gasteiger partial charge in [-0.3, -0.25) is 14.8 Å². The molecule has 226 valence electrons. The zero-order valence-electron chi connectivity index (χ0n) is 24.0. The van der Waals surface area contributed by atoms with Crippen molar-refractivity contribution in [1.82, 2.24) is 15.0 Å². The van der Waals surface area contributed by atoms with E-state index in [0.717, 1.165) is 40.6 Å². The minimum atomic E-state index is -0.649. The number of para-hydroxylation sites is 2. The predicted molar refractivity (Wildman–Crippen MR) is 161 cm³/mol. The summed E-state index contributed by atoms with van der Waals surface area (Å²) in [7, 11) is 0. The Hall–Kier alpha value is -4.09. The Morgan fingerprint density at radius 2 is 1.65 bits per heavy atom. The van der Waals surface area contributed by atoms with Crippen LogP contribution in [-0.4, -0.2) is 37.8 Å². The van der Waals surface area contributed by atoms with Crippen molar-refractivity contribution in [3.63, 3.8) is 0 Å². The fourth-order valence-electron chi connectivity index (χ4n) is 5.38. The number of aliphatic hydroxyl groups excluding tert-OH is 1. The number of anilines is 1. The molecule has 0 spiro atoms. The lowest BCUT2D eigenvalue weighted by Gasteiger charge is -2.36. The zero-order chi connectivity index (χ0) is 30.0. The second kappa shape index (κ2) is 14.9. The van der Waals surface area contributed by atoms with E-state index in [1.165, 1.54) is 0 Å². The molecule has 1 fully saturated rings. The molecule has 1 aliphatic heterocycles. The highest BCUT2D eigenvalue weighted by Crippen LogP contribution is 2.39. The summed E-state index contributed by atoms with van der Waals surface area (Å²) < 4.78 is 15.1. The van der Waals surface area contributed by atoms with Gasteiger partial charge in [-0.2, -0.15) is 0 Å². The Labute approximate surface area is 250 Å². The molecule has 43 heavy (non-hydrogen) atoms. The first-order valence-corrected chi connectivity index (χ1v) is 14.8. The number of unbranched alkanes of at least 4 members (excludes halogenated alkanes) is 3. The molecule has 4 aromatic rings. The fraction of sp³-hybridized carbons (Fsp3) is 0.364. The van der Waals surface area contributed by atoms with Crippen molar-refractivity contribution < 1.29 is 29.4 Å². The van der Waals surface area contributed by atoms with Crippen LogP contribution in [0.3, 0.4) is 0 Å². The van der Waals surface area contributed by atoms with E-state index >= 15 is 0 Å². The summed E-state index contributed by atoms with van der Waals surface area (Å²) in [5.41, 5.74) is 6.92. The third kappa shape index (κ3) is 8.26. The number of hydroxylamine groups is 1. The second-order valence-corrected chi connectivity index (χ2v) is 10.9. The maximum absolute atomic E-state index is 12.6. The number of ether oxygens (including phenoxy) is 2. The van der Waals surface area contributed by atoms with Gasteiger partial charge in [0.15, 0.2) is 6.29 Å². The van der Waals surface area contributed by atoms with Gasteiger partial charge in [-0.1, -0.05) is 61.4 Å². The van der Waals surface area contributed by atoms with Crippen molar-refractivity contribution in [3.05, 3.63) is 95.8 Å². The number of rotatable bonds is 13. The van der Waals surface area contributed by atoms with Crippen molar-refractivity contribution >= 4 is 28.5 Å². The lowest BCUT2D eigenvalue weighted by molar-refractivity contribution is -0.252. The van der Waals surface area contributed by atoms with E-state index in [4.69, 9.17) is 14.7 Å². The number of aromatic nitrogens is 2. The van der Waals surface area contributed by atoms with Crippen LogP contribution in [0.25, 0.3) is 11.0 Å². The number of fused-ring (bicyclic) bond motifs is 1. The highest BCUT2D eigenvalue weighted by Gasteiger charge is 2.32. The number of hydrogen-bond donors (Lipinski definition) is 4. The molecule has 0 radical (unpaired) electrons. The van der Waals surface area contributed by atoms with Crippen LogP contribution in [0, 0.1) is 0 Å². The highest BCUT2D eigenvalue weighted by molar-refractivity contribution is 5.90. The molecule has 0 bridgehead atoms. The number of nitrogens with one attached hydrogen (secondary N) is 2. The minimum absolute atomic E-state index is 0.0181. The Bertz CT molecular complexity index is 1500. The monoisotopic (exact) mass is 586 g/mol. The molecule has 0 aliphatic carbocycles. The number of amides is 2. The lowest BCUT2D eigenvalue weighted by Crippen LogP contribution is -2.32. The molecule has 10 nitrogen and oxygen atoms in total. The lowest BCUT2D eigenvalue weighted by atomic mass is 10.00. The van der Waals surface area contributed by atoms with Crippen LogP contribution in [0.2, 0.25) is 0 Å². The average Bonchev–Trinajstić information content (AvgIpc) is 3.45. The van der Waals surface area contributed by atoms with Crippen molar-refractivity contribution in [2.75, 3.05) is 5.32 Å². The minimum Gasteiger partial charge on any atom is -0.392 e. The van der Waals surface area contributed by atoms with Crippen LogP contribution in [0.5, 0.6) is 0 Å². The molecule has 4 N–H and O–H groups in total. The standard InChI is InChI=1S/C33H38N4O6/c38-21-23-14-16-24(17-15-23)30-19-27(20-37-22-34-28-10-5-6-11-29(28)37)42-33(43-30)25-8-7-9-26(18-25)35-31(39)12-3-1-2-4-13-32(40)36-41/h5-11,14-18,22,27,30,33,38,41H,1-4,12-13,19-21H2,(H,35,39)(H,36,40)/t27-,30+,33+/m1/s1. The zero-order valence-corrected chi connectivity index (χ0v) is 24.0. The summed E-state index contributed by atoms with van der Waals surface area (Å²) in [5, 5.41) is 21.0. The SMILES string of the molecule is O=C(CCCCCCC(=O)Nc1cccc([C@H]2O[C@@H](Cn3cnc4ccccc43)C[C@@H](c3ccc(CO)cc3)O2)c1)NO. The molecule has 2 heterocycles. The van der Waals surface area contributed by atoms with Gasteiger partial charge in [0, 0.05) is 30.5 Å².